The van der Waals surface area contributed by atoms with Crippen molar-refractivity contribution in [3.8, 4) is 17.6 Å². The van der Waals surface area contributed by atoms with Gasteiger partial charge in [-0.2, -0.15) is 5.26 Å². The largest absolute Gasteiger partial charge is 0.492 e. The molecule has 10 heteroatoms. The lowest BCUT2D eigenvalue weighted by Gasteiger charge is -2.16. The highest BCUT2D eigenvalue weighted by Gasteiger charge is 2.16. The molecule has 2 aromatic carbocycles. The average Bonchev–Trinajstić information content (AvgIpc) is 2.97. The predicted octanol–water partition coefficient (Wildman–Crippen LogP) is 7.06. The molecule has 4 aromatic rings. The van der Waals surface area contributed by atoms with Crippen LogP contribution in [-0.2, 0) is 11.4 Å². The number of amides is 1. The Balaban J connectivity index is 1.60. The lowest BCUT2D eigenvalue weighted by molar-refractivity contribution is -0.111. The van der Waals surface area contributed by atoms with Crippen LogP contribution in [-0.4, -0.2) is 48.0 Å². The van der Waals surface area contributed by atoms with Gasteiger partial charge in [-0.1, -0.05) is 37.6 Å². The van der Waals surface area contributed by atoms with Crippen LogP contribution in [0, 0.1) is 11.3 Å². The predicted molar refractivity (Wildman–Crippen MR) is 171 cm³/mol. The van der Waals surface area contributed by atoms with Crippen LogP contribution in [0.25, 0.3) is 10.9 Å². The highest BCUT2D eigenvalue weighted by Crippen LogP contribution is 2.37. The van der Waals surface area contributed by atoms with Gasteiger partial charge in [-0.15, -0.1) is 0 Å². The number of nitrogens with zero attached hydrogens (tertiary/aromatic N) is 4. The average molecular weight is 599 g/mol. The molecule has 2 heterocycles. The Morgan fingerprint density at radius 3 is 2.56 bits per heavy atom. The van der Waals surface area contributed by atoms with Gasteiger partial charge in [0.25, 0.3) is 0 Å². The van der Waals surface area contributed by atoms with Crippen molar-refractivity contribution in [2.75, 3.05) is 37.9 Å². The summed E-state index contributed by atoms with van der Waals surface area (Å²) in [6.45, 7) is 7.41. The molecule has 43 heavy (non-hydrogen) atoms. The summed E-state index contributed by atoms with van der Waals surface area (Å²) in [6.07, 6.45) is 6.61. The second-order valence-corrected chi connectivity index (χ2v) is 10.8. The number of carbonyl (C=O) groups excluding carboxylic acids is 1. The minimum Gasteiger partial charge on any atom is -0.492 e. The number of aromatic nitrogens is 2. The Morgan fingerprint density at radius 2 is 1.91 bits per heavy atom. The van der Waals surface area contributed by atoms with Gasteiger partial charge < -0.3 is 25.0 Å². The highest BCUT2D eigenvalue weighted by molar-refractivity contribution is 6.32. The molecule has 0 radical (unpaired) electrons. The number of nitriles is 1. The molecule has 0 atom stereocenters. The number of pyridine rings is 2. The van der Waals surface area contributed by atoms with Gasteiger partial charge in [0.1, 0.15) is 24.2 Å². The fraction of sp³-hybridized carbons (Fsp3) is 0.273. The first-order valence-corrected chi connectivity index (χ1v) is 14.3. The highest BCUT2D eigenvalue weighted by atomic mass is 35.5. The third kappa shape index (κ3) is 8.22. The van der Waals surface area contributed by atoms with E-state index in [0.29, 0.717) is 69.1 Å². The summed E-state index contributed by atoms with van der Waals surface area (Å²) in [5, 5.41) is 17.1. The van der Waals surface area contributed by atoms with E-state index in [1.165, 1.54) is 12.3 Å². The van der Waals surface area contributed by atoms with Gasteiger partial charge in [0, 0.05) is 42.2 Å². The molecule has 0 unspecified atom stereocenters. The van der Waals surface area contributed by atoms with E-state index in [4.69, 9.17) is 21.1 Å². The molecular weight excluding hydrogens is 564 g/mol. The molecule has 0 saturated heterocycles. The summed E-state index contributed by atoms with van der Waals surface area (Å²) in [4.78, 5) is 23.5. The Hall–Kier alpha value is -4.65. The van der Waals surface area contributed by atoms with Gasteiger partial charge in [-0.25, -0.2) is 0 Å². The van der Waals surface area contributed by atoms with Crippen LogP contribution in [0.4, 0.5) is 17.1 Å². The van der Waals surface area contributed by atoms with E-state index in [9.17, 15) is 10.1 Å². The van der Waals surface area contributed by atoms with E-state index < -0.39 is 0 Å². The quantitative estimate of drug-likeness (QED) is 0.167. The third-order valence-electron chi connectivity index (χ3n) is 6.48. The molecule has 0 bridgehead atoms. The van der Waals surface area contributed by atoms with Crippen molar-refractivity contribution in [3.05, 3.63) is 88.9 Å². The number of likely N-dealkylation sites (N-methyl/N-ethyl adjacent to an activating group) is 1. The summed E-state index contributed by atoms with van der Waals surface area (Å²) >= 11 is 6.58. The van der Waals surface area contributed by atoms with E-state index in [1.807, 2.05) is 50.3 Å². The Kier molecular flexibility index (Phi) is 10.5. The number of hydrogen-bond donors (Lipinski definition) is 2. The van der Waals surface area contributed by atoms with Crippen LogP contribution in [0.1, 0.15) is 43.5 Å². The van der Waals surface area contributed by atoms with Crippen LogP contribution < -0.4 is 20.1 Å². The fourth-order valence-electron chi connectivity index (χ4n) is 4.21. The van der Waals surface area contributed by atoms with Crippen LogP contribution in [0.5, 0.6) is 11.5 Å². The van der Waals surface area contributed by atoms with Gasteiger partial charge in [0.05, 0.1) is 39.8 Å². The second-order valence-electron chi connectivity index (χ2n) is 10.4. The molecule has 0 fully saturated rings. The molecule has 222 valence electrons. The zero-order valence-electron chi connectivity index (χ0n) is 24.9. The monoisotopic (exact) mass is 598 g/mol. The molecule has 2 aromatic heterocycles. The summed E-state index contributed by atoms with van der Waals surface area (Å²) in [6, 6.07) is 15.0. The molecule has 0 aliphatic rings. The number of anilines is 3. The van der Waals surface area contributed by atoms with Gasteiger partial charge in [-0.3, -0.25) is 14.8 Å². The van der Waals surface area contributed by atoms with Crippen molar-refractivity contribution in [2.45, 2.75) is 33.3 Å². The maximum absolute atomic E-state index is 12.7. The van der Waals surface area contributed by atoms with Gasteiger partial charge in [0.15, 0.2) is 0 Å². The molecule has 4 rings (SSSR count). The zero-order valence-corrected chi connectivity index (χ0v) is 25.7. The minimum absolute atomic E-state index is 0.277. The maximum atomic E-state index is 12.7. The number of nitrogens with one attached hydrogen (secondary N) is 2. The van der Waals surface area contributed by atoms with Crippen molar-refractivity contribution in [2.24, 2.45) is 0 Å². The first kappa shape index (κ1) is 31.3. The summed E-state index contributed by atoms with van der Waals surface area (Å²) in [5.41, 5.74) is 4.51. The van der Waals surface area contributed by atoms with E-state index in [0.717, 1.165) is 11.3 Å². The van der Waals surface area contributed by atoms with E-state index >= 15 is 0 Å². The van der Waals surface area contributed by atoms with Crippen molar-refractivity contribution in [1.82, 2.24) is 14.9 Å². The molecule has 9 nitrogen and oxygen atoms in total. The van der Waals surface area contributed by atoms with Crippen LogP contribution in [0.15, 0.2) is 67.0 Å². The lowest BCUT2D eigenvalue weighted by atomic mass is 10.1. The number of rotatable bonds is 12. The summed E-state index contributed by atoms with van der Waals surface area (Å²) in [7, 11) is 3.84. The molecule has 0 saturated carbocycles. The van der Waals surface area contributed by atoms with Crippen molar-refractivity contribution < 1.29 is 14.3 Å². The van der Waals surface area contributed by atoms with E-state index in [1.54, 1.807) is 30.3 Å². The Morgan fingerprint density at radius 1 is 1.09 bits per heavy atom. The number of carbonyl (C=O) groups is 1. The van der Waals surface area contributed by atoms with E-state index in [-0.39, 0.29) is 12.5 Å². The molecular formula is C33H35ClN6O3. The number of hydrogen-bond acceptors (Lipinski definition) is 8. The molecule has 0 spiro atoms. The van der Waals surface area contributed by atoms with Crippen LogP contribution in [0.3, 0.4) is 0 Å². The number of halogens is 1. The lowest BCUT2D eigenvalue weighted by Crippen LogP contribution is -2.13. The van der Waals surface area contributed by atoms with Gasteiger partial charge in [-0.05, 0) is 62.8 Å². The molecule has 0 aliphatic heterocycles. The van der Waals surface area contributed by atoms with Crippen molar-refractivity contribution in [3.63, 3.8) is 0 Å². The van der Waals surface area contributed by atoms with Crippen LogP contribution >= 0.6 is 11.6 Å². The topological polar surface area (TPSA) is 112 Å². The first-order valence-electron chi connectivity index (χ1n) is 13.9. The SMILES string of the molecule is CCOc1cc2ncc(C#N)c(Nc3ccc(OCc4ccc(C(C)C)cn4)c(Cl)c3)c2cc1NC(=O)/C=C/CN(C)C. The number of fused-ring (bicyclic) bond motifs is 1. The molecule has 2 N–H and O–H groups in total. The van der Waals surface area contributed by atoms with Crippen LogP contribution in [0.2, 0.25) is 5.02 Å². The van der Waals surface area contributed by atoms with E-state index in [2.05, 4.69) is 40.5 Å². The normalized spacial score (nSPS) is 11.2. The summed E-state index contributed by atoms with van der Waals surface area (Å²) < 4.78 is 11.7. The minimum atomic E-state index is -0.297. The molecule has 1 amide bonds. The number of benzene rings is 2. The van der Waals surface area contributed by atoms with Gasteiger partial charge >= 0.3 is 0 Å². The summed E-state index contributed by atoms with van der Waals surface area (Å²) in [5.74, 6) is 1.10. The number of ether oxygens (including phenoxy) is 2. The second kappa shape index (κ2) is 14.5. The van der Waals surface area contributed by atoms with Gasteiger partial charge in [0.2, 0.25) is 5.91 Å². The zero-order chi connectivity index (χ0) is 30.9. The maximum Gasteiger partial charge on any atom is 0.248 e. The van der Waals surface area contributed by atoms with Crippen molar-refractivity contribution in [1.29, 1.82) is 5.26 Å². The van der Waals surface area contributed by atoms with Crippen molar-refractivity contribution >= 4 is 45.5 Å². The smallest absolute Gasteiger partial charge is 0.248 e. The Bertz CT molecular complexity index is 1660. The standard InChI is InChI=1S/C33H35ClN6O3/c1-6-42-31-16-28-26(15-29(31)39-32(41)8-7-13-40(4)5)33(23(17-35)19-37-28)38-24-11-12-30(27(34)14-24)43-20-25-10-9-22(18-36-25)21(2)3/h7-12,14-16,18-19,21H,6,13,20H2,1-5H3,(H,37,38)(H,39,41)/b8-7+. The fourth-order valence-corrected chi connectivity index (χ4v) is 4.45. The first-order chi connectivity index (χ1) is 20.7. The third-order valence-corrected chi connectivity index (χ3v) is 6.77. The Labute approximate surface area is 257 Å². The molecule has 0 aliphatic carbocycles.